The number of unbranched alkanes of at least 4 members (excludes halogenated alkanes) is 9. The van der Waals surface area contributed by atoms with E-state index >= 15 is 0 Å². The third-order valence-electron chi connectivity index (χ3n) is 20.8. The average molecular weight is 859 g/mol. The Kier molecular flexibility index (Phi) is 5.70. The molecule has 0 amide bonds. The standard InChI is InChI=1S/C66H50O/c1-3-4-5-6-7-8-9-10-11-12-31-67-35-19-17-34(18-20-35)64(33-15-13-32(2)14-16-33)65-44-29-30-45-43-28-26-41-39-24-22-37-36-21-23-38-40-25-27-42(44)52-50(40)55-48(38)46(36)54-47(37)49(39)56-51(41)53(43)63(66(45,64)65)61-59(56)57(54)58(55)60(61)62(52)65/h13-30,38,40,45,48H,3-12,31H2,1-2H3. The molecule has 1 nitrogen and oxygen atoms in total. The van der Waals surface area contributed by atoms with Gasteiger partial charge in [0.2, 0.25) is 0 Å². The Hall–Kier alpha value is -6.18. The van der Waals surface area contributed by atoms with Gasteiger partial charge in [-0.2, -0.15) is 0 Å². The van der Waals surface area contributed by atoms with Crippen LogP contribution in [0.25, 0.3) is 87.1 Å². The second-order valence-corrected chi connectivity index (χ2v) is 23.0. The maximum Gasteiger partial charge on any atom is 0.119 e. The highest BCUT2D eigenvalue weighted by molar-refractivity contribution is 6.56. The van der Waals surface area contributed by atoms with Crippen molar-refractivity contribution in [1.82, 2.24) is 0 Å². The molecular weight excluding hydrogens is 809 g/mol. The summed E-state index contributed by atoms with van der Waals surface area (Å²) in [5, 5.41) is 22.2. The zero-order chi connectivity index (χ0) is 43.2. The quantitative estimate of drug-likeness (QED) is 0.0782. The van der Waals surface area contributed by atoms with E-state index in [4.69, 9.17) is 4.74 Å². The second kappa shape index (κ2) is 10.9. The minimum atomic E-state index is -0.332. The number of fused-ring (bicyclic) bond motifs is 4. The van der Waals surface area contributed by atoms with Gasteiger partial charge in [-0.3, -0.25) is 0 Å². The summed E-state index contributed by atoms with van der Waals surface area (Å²) in [5.74, 6) is 2.53. The van der Waals surface area contributed by atoms with Gasteiger partial charge in [-0.25, -0.2) is 0 Å². The van der Waals surface area contributed by atoms with Crippen LogP contribution < -0.4 is 4.74 Å². The van der Waals surface area contributed by atoms with Gasteiger partial charge >= 0.3 is 0 Å². The van der Waals surface area contributed by atoms with Gasteiger partial charge in [-0.1, -0.05) is 167 Å². The van der Waals surface area contributed by atoms with E-state index < -0.39 is 0 Å². The third-order valence-corrected chi connectivity index (χ3v) is 20.8. The topological polar surface area (TPSA) is 9.23 Å². The van der Waals surface area contributed by atoms with Gasteiger partial charge in [0, 0.05) is 34.0 Å². The number of hydrogen-bond donors (Lipinski definition) is 0. The normalized spacial score (nSPS) is 28.1. The highest BCUT2D eigenvalue weighted by atomic mass is 16.5. The van der Waals surface area contributed by atoms with Crippen molar-refractivity contribution >= 4 is 87.1 Å². The molecule has 7 atom stereocenters. The lowest BCUT2D eigenvalue weighted by molar-refractivity contribution is 0.304. The van der Waals surface area contributed by atoms with Crippen LogP contribution in [0.4, 0.5) is 0 Å². The molecule has 1 fully saturated rings. The molecule has 0 saturated heterocycles. The Labute approximate surface area is 390 Å². The smallest absolute Gasteiger partial charge is 0.119 e. The highest BCUT2D eigenvalue weighted by Crippen LogP contribution is 2.96. The van der Waals surface area contributed by atoms with Gasteiger partial charge in [0.15, 0.2) is 0 Å². The van der Waals surface area contributed by atoms with Gasteiger partial charge < -0.3 is 4.74 Å². The monoisotopic (exact) mass is 858 g/mol. The first-order valence-corrected chi connectivity index (χ1v) is 26.4. The van der Waals surface area contributed by atoms with Crippen molar-refractivity contribution < 1.29 is 4.74 Å². The third kappa shape index (κ3) is 3.13. The number of ether oxygens (including phenoxy) is 1. The lowest BCUT2D eigenvalue weighted by Crippen LogP contribution is -2.30. The van der Waals surface area contributed by atoms with Crippen LogP contribution in [0.1, 0.15) is 150 Å². The number of benzene rings is 7. The van der Waals surface area contributed by atoms with Crippen LogP contribution in [0.3, 0.4) is 0 Å². The van der Waals surface area contributed by atoms with E-state index in [9.17, 15) is 0 Å². The lowest BCUT2D eigenvalue weighted by Gasteiger charge is -2.34. The molecule has 9 aliphatic rings. The fourth-order valence-electron chi connectivity index (χ4n) is 19.2. The molecule has 9 aliphatic carbocycles. The van der Waals surface area contributed by atoms with E-state index in [1.807, 2.05) is 0 Å². The summed E-state index contributed by atoms with van der Waals surface area (Å²) >= 11 is 0. The van der Waals surface area contributed by atoms with Crippen LogP contribution in [0.5, 0.6) is 5.75 Å². The molecule has 320 valence electrons. The molecule has 1 heteroatoms. The number of hydrogen-bond acceptors (Lipinski definition) is 1. The summed E-state index contributed by atoms with van der Waals surface area (Å²) in [6, 6.07) is 29.9. The summed E-state index contributed by atoms with van der Waals surface area (Å²) in [7, 11) is 0. The van der Waals surface area contributed by atoms with E-state index in [-0.39, 0.29) is 22.2 Å². The molecule has 67 heavy (non-hydrogen) atoms. The first kappa shape index (κ1) is 35.0. The first-order chi connectivity index (χ1) is 33.2. The second-order valence-electron chi connectivity index (χ2n) is 23.0. The maximum atomic E-state index is 6.64. The predicted octanol–water partition coefficient (Wildman–Crippen LogP) is 16.8. The van der Waals surface area contributed by atoms with E-state index in [1.165, 1.54) is 102 Å². The summed E-state index contributed by atoms with van der Waals surface area (Å²) in [4.78, 5) is 0. The fourth-order valence-corrected chi connectivity index (χ4v) is 19.2. The van der Waals surface area contributed by atoms with E-state index in [0.717, 1.165) is 18.8 Å². The van der Waals surface area contributed by atoms with Crippen molar-refractivity contribution in [3.05, 3.63) is 170 Å². The van der Waals surface area contributed by atoms with Crippen LogP contribution in [0, 0.1) is 12.8 Å². The minimum Gasteiger partial charge on any atom is -0.494 e. The maximum absolute atomic E-state index is 6.64. The first-order valence-electron chi connectivity index (χ1n) is 26.4. The number of aryl methyl sites for hydroxylation is 1. The Morgan fingerprint density at radius 2 is 1.16 bits per heavy atom. The SMILES string of the molecule is CCCCCCCCCCCCOc1ccc(C2(c3ccc(C)cc3)C34C5=C6C=CC7c8c6c3c3c6c8C8c9c(c%10ccc%11c%12ccc%13c%14c(c3c3c6c9c%10c%11c3c%14%12)C42C%13C=C5)C=CC78)cc1. The van der Waals surface area contributed by atoms with Crippen molar-refractivity contribution in [2.75, 3.05) is 6.61 Å². The molecule has 10 aromatic carbocycles. The minimum absolute atomic E-state index is 0.214. The van der Waals surface area contributed by atoms with Gasteiger partial charge in [0.05, 0.1) is 6.61 Å². The van der Waals surface area contributed by atoms with Crippen LogP contribution in [0.2, 0.25) is 0 Å². The molecule has 0 aromatic heterocycles. The summed E-state index contributed by atoms with van der Waals surface area (Å²) < 4.78 is 6.64. The molecule has 10 aromatic rings. The van der Waals surface area contributed by atoms with Gasteiger partial charge in [0.25, 0.3) is 0 Å². The molecule has 7 unspecified atom stereocenters. The van der Waals surface area contributed by atoms with Gasteiger partial charge in [-0.15, -0.1) is 0 Å². The van der Waals surface area contributed by atoms with Crippen molar-refractivity contribution in [1.29, 1.82) is 0 Å². The zero-order valence-electron chi connectivity index (χ0n) is 38.4. The van der Waals surface area contributed by atoms with E-state index in [2.05, 4.69) is 123 Å². The number of allylic oxidation sites excluding steroid dienone is 7. The Balaban J connectivity index is 0.887. The molecule has 0 radical (unpaired) electrons. The molecule has 19 rings (SSSR count). The van der Waals surface area contributed by atoms with Crippen molar-refractivity contribution in [3.63, 3.8) is 0 Å². The lowest BCUT2D eigenvalue weighted by atomic mass is 9.66. The summed E-state index contributed by atoms with van der Waals surface area (Å²) in [6.45, 7) is 5.37. The Morgan fingerprint density at radius 3 is 1.97 bits per heavy atom. The van der Waals surface area contributed by atoms with Crippen molar-refractivity contribution in [2.45, 2.75) is 112 Å². The van der Waals surface area contributed by atoms with E-state index in [1.54, 1.807) is 104 Å². The largest absolute Gasteiger partial charge is 0.494 e. The van der Waals surface area contributed by atoms with Crippen molar-refractivity contribution in [2.24, 2.45) is 5.92 Å². The molecule has 0 N–H and O–H groups in total. The van der Waals surface area contributed by atoms with Crippen molar-refractivity contribution in [3.8, 4) is 5.75 Å². The van der Waals surface area contributed by atoms with Crippen LogP contribution >= 0.6 is 0 Å². The van der Waals surface area contributed by atoms with Crippen LogP contribution in [-0.2, 0) is 16.2 Å². The zero-order valence-corrected chi connectivity index (χ0v) is 38.4. The molecule has 0 heterocycles. The summed E-state index contributed by atoms with van der Waals surface area (Å²) in [6.07, 6.45) is 29.3. The fraction of sp³-hybridized carbons (Fsp3) is 0.303. The van der Waals surface area contributed by atoms with Gasteiger partial charge in [0.1, 0.15) is 5.75 Å². The Bertz CT molecular complexity index is 4130. The van der Waals surface area contributed by atoms with Gasteiger partial charge in [-0.05, 0) is 174 Å². The molecule has 1 saturated carbocycles. The Morgan fingerprint density at radius 1 is 0.507 bits per heavy atom. The van der Waals surface area contributed by atoms with Crippen LogP contribution in [-0.4, -0.2) is 6.61 Å². The molecule has 0 aliphatic heterocycles. The number of rotatable bonds is 14. The van der Waals surface area contributed by atoms with Crippen LogP contribution in [0.15, 0.2) is 109 Å². The predicted molar refractivity (Wildman–Crippen MR) is 278 cm³/mol. The molecular formula is C66H50O. The highest BCUT2D eigenvalue weighted by Gasteiger charge is 2.95. The summed E-state index contributed by atoms with van der Waals surface area (Å²) in [5.41, 5.74) is 19.8. The molecule has 2 spiro atoms. The van der Waals surface area contributed by atoms with E-state index in [0.29, 0.717) is 17.8 Å². The average Bonchev–Trinajstić information content (AvgIpc) is 4.00. The molecule has 0 bridgehead atoms.